The zero-order valence-corrected chi connectivity index (χ0v) is 25.8. The molecule has 222 valence electrons. The molecule has 0 aliphatic heterocycles. The molecule has 2 aromatic heterocycles. The third kappa shape index (κ3) is 4.14. The van der Waals surface area contributed by atoms with Crippen molar-refractivity contribution >= 4 is 43.6 Å². The maximum Gasteiger partial charge on any atom is 0.101 e. The highest BCUT2D eigenvalue weighted by Crippen LogP contribution is 2.39. The maximum atomic E-state index is 10.5. The van der Waals surface area contributed by atoms with E-state index in [1.54, 1.807) is 0 Å². The Hall–Kier alpha value is -6.88. The molecule has 4 heteroatoms. The van der Waals surface area contributed by atoms with Gasteiger partial charge in [0, 0.05) is 27.1 Å². The van der Waals surface area contributed by atoms with Gasteiger partial charge in [0.15, 0.2) is 0 Å². The third-order valence-electron chi connectivity index (χ3n) is 9.37. The van der Waals surface area contributed by atoms with Crippen LogP contribution in [0.4, 0.5) is 0 Å². The largest absolute Gasteiger partial charge is 0.309 e. The molecule has 0 saturated carbocycles. The Kier molecular flexibility index (Phi) is 6.22. The Morgan fingerprint density at radius 3 is 1.40 bits per heavy atom. The van der Waals surface area contributed by atoms with Gasteiger partial charge in [0.25, 0.3) is 0 Å². The molecule has 0 atom stereocenters. The minimum atomic E-state index is 0.560. The van der Waals surface area contributed by atoms with Gasteiger partial charge in [0.2, 0.25) is 0 Å². The van der Waals surface area contributed by atoms with Gasteiger partial charge in [-0.2, -0.15) is 10.5 Å². The molecule has 9 aromatic rings. The van der Waals surface area contributed by atoms with Crippen LogP contribution in [0.5, 0.6) is 0 Å². The smallest absolute Gasteiger partial charge is 0.101 e. The summed E-state index contributed by atoms with van der Waals surface area (Å²) in [5, 5.41) is 25.3. The van der Waals surface area contributed by atoms with Crippen molar-refractivity contribution in [3.05, 3.63) is 169 Å². The van der Waals surface area contributed by atoms with E-state index in [1.807, 2.05) is 54.6 Å². The number of hydrogen-bond donors (Lipinski definition) is 0. The molecule has 7 aromatic carbocycles. The Balaban J connectivity index is 1.22. The van der Waals surface area contributed by atoms with Crippen molar-refractivity contribution in [2.24, 2.45) is 0 Å². The SMILES string of the molecule is N#Cc1cc(-c2ccc(-n3c4ccccc4c4ccccc43)c(C#N)c2)cc(-c2ccccc2-n2c3ccccc3c3ccccc32)c1. The molecule has 4 nitrogen and oxygen atoms in total. The molecule has 48 heavy (non-hydrogen) atoms. The van der Waals surface area contributed by atoms with Crippen LogP contribution in [0.25, 0.3) is 77.2 Å². The Bertz CT molecular complexity index is 2710. The number of hydrogen-bond acceptors (Lipinski definition) is 2. The highest BCUT2D eigenvalue weighted by atomic mass is 15.0. The van der Waals surface area contributed by atoms with Crippen LogP contribution in [0.1, 0.15) is 11.1 Å². The van der Waals surface area contributed by atoms with E-state index in [1.165, 1.54) is 10.8 Å². The summed E-state index contributed by atoms with van der Waals surface area (Å²) in [5.41, 5.74) is 11.1. The first-order valence-electron chi connectivity index (χ1n) is 15.9. The molecule has 9 rings (SSSR count). The van der Waals surface area contributed by atoms with Crippen LogP contribution < -0.4 is 0 Å². The van der Waals surface area contributed by atoms with E-state index >= 15 is 0 Å². The average Bonchev–Trinajstić information content (AvgIpc) is 3.67. The van der Waals surface area contributed by atoms with Crippen molar-refractivity contribution in [2.75, 3.05) is 0 Å². The van der Waals surface area contributed by atoms with Gasteiger partial charge >= 0.3 is 0 Å². The van der Waals surface area contributed by atoms with E-state index in [9.17, 15) is 10.5 Å². The molecule has 0 aliphatic carbocycles. The van der Waals surface area contributed by atoms with Gasteiger partial charge in [0.05, 0.1) is 50.6 Å². The average molecular weight is 611 g/mol. The quantitative estimate of drug-likeness (QED) is 0.199. The molecule has 0 unspecified atom stereocenters. The van der Waals surface area contributed by atoms with Gasteiger partial charge in [-0.25, -0.2) is 0 Å². The fourth-order valence-electron chi connectivity index (χ4n) is 7.29. The lowest BCUT2D eigenvalue weighted by Gasteiger charge is -2.16. The standard InChI is InChI=1S/C44H26N4/c45-27-29-23-31(30-21-22-39(33(25-30)28-46)47-41-17-7-2-12-35(41)36-13-3-8-18-42(36)47)26-32(24-29)34-11-1-6-16-40(34)48-43-19-9-4-14-37(43)38-15-5-10-20-44(38)48/h1-26H. The summed E-state index contributed by atoms with van der Waals surface area (Å²) in [6, 6.07) is 58.8. The van der Waals surface area contributed by atoms with Crippen molar-refractivity contribution in [2.45, 2.75) is 0 Å². The number of nitrogens with zero attached hydrogens (tertiary/aromatic N) is 4. The first-order valence-corrected chi connectivity index (χ1v) is 15.9. The normalized spacial score (nSPS) is 11.3. The van der Waals surface area contributed by atoms with Crippen molar-refractivity contribution in [3.63, 3.8) is 0 Å². The summed E-state index contributed by atoms with van der Waals surface area (Å²) in [5.74, 6) is 0. The monoisotopic (exact) mass is 610 g/mol. The molecule has 0 fully saturated rings. The van der Waals surface area contributed by atoms with Gasteiger partial charge in [-0.05, 0) is 77.4 Å². The lowest BCUT2D eigenvalue weighted by Crippen LogP contribution is -1.99. The minimum absolute atomic E-state index is 0.560. The summed E-state index contributed by atoms with van der Waals surface area (Å²) >= 11 is 0. The Morgan fingerprint density at radius 1 is 0.375 bits per heavy atom. The molecule has 0 N–H and O–H groups in total. The first-order chi connectivity index (χ1) is 23.7. The van der Waals surface area contributed by atoms with Crippen LogP contribution in [0.3, 0.4) is 0 Å². The lowest BCUT2D eigenvalue weighted by atomic mass is 9.94. The summed E-state index contributed by atoms with van der Waals surface area (Å²) in [6.45, 7) is 0. The number of para-hydroxylation sites is 5. The predicted molar refractivity (Wildman–Crippen MR) is 195 cm³/mol. The number of benzene rings is 7. The summed E-state index contributed by atoms with van der Waals surface area (Å²) in [6.07, 6.45) is 0. The summed E-state index contributed by atoms with van der Waals surface area (Å²) in [4.78, 5) is 0. The number of aromatic nitrogens is 2. The van der Waals surface area contributed by atoms with E-state index < -0.39 is 0 Å². The van der Waals surface area contributed by atoms with E-state index in [0.29, 0.717) is 11.1 Å². The molecule has 0 amide bonds. The minimum Gasteiger partial charge on any atom is -0.309 e. The van der Waals surface area contributed by atoms with Gasteiger partial charge in [-0.1, -0.05) is 97.1 Å². The maximum absolute atomic E-state index is 10.5. The van der Waals surface area contributed by atoms with Crippen LogP contribution in [0.2, 0.25) is 0 Å². The van der Waals surface area contributed by atoms with Gasteiger partial charge in [0.1, 0.15) is 6.07 Å². The van der Waals surface area contributed by atoms with E-state index in [4.69, 9.17) is 0 Å². The van der Waals surface area contributed by atoms with Crippen LogP contribution in [0, 0.1) is 22.7 Å². The van der Waals surface area contributed by atoms with Crippen LogP contribution >= 0.6 is 0 Å². The second kappa shape index (κ2) is 10.9. The van der Waals surface area contributed by atoms with E-state index in [2.05, 4.69) is 124 Å². The van der Waals surface area contributed by atoms with Crippen molar-refractivity contribution < 1.29 is 0 Å². The van der Waals surface area contributed by atoms with Crippen molar-refractivity contribution in [1.29, 1.82) is 10.5 Å². The zero-order chi connectivity index (χ0) is 32.2. The fraction of sp³-hybridized carbons (Fsp3) is 0. The molecule has 0 bridgehead atoms. The molecular formula is C44H26N4. The predicted octanol–water partition coefficient (Wildman–Crippen LogP) is 11.0. The molecular weight excluding hydrogens is 585 g/mol. The van der Waals surface area contributed by atoms with Gasteiger partial charge < -0.3 is 9.13 Å². The second-order valence-corrected chi connectivity index (χ2v) is 12.0. The number of nitriles is 2. The van der Waals surface area contributed by atoms with Crippen LogP contribution in [-0.2, 0) is 0 Å². The zero-order valence-electron chi connectivity index (χ0n) is 25.8. The van der Waals surface area contributed by atoms with Gasteiger partial charge in [-0.15, -0.1) is 0 Å². The number of fused-ring (bicyclic) bond motifs is 6. The lowest BCUT2D eigenvalue weighted by molar-refractivity contribution is 1.17. The van der Waals surface area contributed by atoms with Crippen LogP contribution in [0.15, 0.2) is 158 Å². The summed E-state index contributed by atoms with van der Waals surface area (Å²) in [7, 11) is 0. The molecule has 0 saturated heterocycles. The fourth-order valence-corrected chi connectivity index (χ4v) is 7.29. The number of rotatable bonds is 4. The van der Waals surface area contributed by atoms with E-state index in [0.717, 1.165) is 66.5 Å². The van der Waals surface area contributed by atoms with Crippen molar-refractivity contribution in [3.8, 4) is 45.8 Å². The van der Waals surface area contributed by atoms with E-state index in [-0.39, 0.29) is 0 Å². The molecule has 2 heterocycles. The molecule has 0 aliphatic rings. The molecule has 0 radical (unpaired) electrons. The Morgan fingerprint density at radius 2 is 0.854 bits per heavy atom. The van der Waals surface area contributed by atoms with Crippen LogP contribution in [-0.4, -0.2) is 9.13 Å². The highest BCUT2D eigenvalue weighted by molar-refractivity contribution is 6.10. The Labute approximate surface area is 277 Å². The second-order valence-electron chi connectivity index (χ2n) is 12.0. The topological polar surface area (TPSA) is 57.4 Å². The molecule has 0 spiro atoms. The third-order valence-corrected chi connectivity index (χ3v) is 9.37. The summed E-state index contributed by atoms with van der Waals surface area (Å²) < 4.78 is 4.49. The highest BCUT2D eigenvalue weighted by Gasteiger charge is 2.18. The van der Waals surface area contributed by atoms with Crippen molar-refractivity contribution in [1.82, 2.24) is 9.13 Å². The first kappa shape index (κ1) is 27.4. The van der Waals surface area contributed by atoms with Gasteiger partial charge in [-0.3, -0.25) is 0 Å².